The van der Waals surface area contributed by atoms with Crippen molar-refractivity contribution in [2.75, 3.05) is 0 Å². The normalized spacial score (nSPS) is 26.7. The smallest absolute Gasteiger partial charge is 0.135 e. The summed E-state index contributed by atoms with van der Waals surface area (Å²) >= 11 is 0. The van der Waals surface area contributed by atoms with E-state index >= 15 is 0 Å². The molecule has 2 unspecified atom stereocenters. The van der Waals surface area contributed by atoms with Gasteiger partial charge in [0, 0.05) is 17.8 Å². The van der Waals surface area contributed by atoms with E-state index < -0.39 is 0 Å². The van der Waals surface area contributed by atoms with Gasteiger partial charge < -0.3 is 5.32 Å². The van der Waals surface area contributed by atoms with Crippen LogP contribution in [0.2, 0.25) is 0 Å². The molecule has 2 aliphatic heterocycles. The lowest BCUT2D eigenvalue weighted by molar-refractivity contribution is 0.314. The van der Waals surface area contributed by atoms with Crippen LogP contribution in [0.15, 0.2) is 22.4 Å². The number of rotatable bonds is 4. The maximum absolute atomic E-state index is 9.18. The molecule has 0 aromatic carbocycles. The van der Waals surface area contributed by atoms with E-state index in [0.717, 1.165) is 11.4 Å². The molecule has 0 radical (unpaired) electrons. The maximum Gasteiger partial charge on any atom is 0.135 e. The third-order valence-corrected chi connectivity index (χ3v) is 5.00. The summed E-state index contributed by atoms with van der Waals surface area (Å²) in [6, 6.07) is 5.22. The van der Waals surface area contributed by atoms with Crippen LogP contribution in [-0.4, -0.2) is 22.0 Å². The Balaban J connectivity index is 1.59. The van der Waals surface area contributed by atoms with Gasteiger partial charge in [-0.15, -0.1) is 0 Å². The Morgan fingerprint density at radius 3 is 3.13 bits per heavy atom. The fourth-order valence-electron chi connectivity index (χ4n) is 3.80. The highest BCUT2D eigenvalue weighted by Gasteiger charge is 2.33. The molecule has 1 aliphatic carbocycles. The predicted octanol–water partition coefficient (Wildman–Crippen LogP) is 2.19. The minimum Gasteiger partial charge on any atom is -0.333 e. The summed E-state index contributed by atoms with van der Waals surface area (Å²) in [5.41, 5.74) is 1.04. The molecule has 3 aliphatic rings. The van der Waals surface area contributed by atoms with Gasteiger partial charge in [0.15, 0.2) is 0 Å². The van der Waals surface area contributed by atoms with Crippen molar-refractivity contribution in [3.05, 3.63) is 18.0 Å². The second-order valence-corrected chi connectivity index (χ2v) is 6.33. The van der Waals surface area contributed by atoms with Crippen LogP contribution >= 0.6 is 0 Å². The van der Waals surface area contributed by atoms with Gasteiger partial charge in [-0.1, -0.05) is 18.8 Å². The number of nitrogens with zero attached hydrogens (tertiary/aromatic N) is 5. The highest BCUT2D eigenvalue weighted by Crippen LogP contribution is 2.37. The summed E-state index contributed by atoms with van der Waals surface area (Å²) in [7, 11) is 0. The van der Waals surface area contributed by atoms with E-state index in [0.29, 0.717) is 12.3 Å². The molecule has 1 aromatic rings. The van der Waals surface area contributed by atoms with Crippen molar-refractivity contribution < 1.29 is 0 Å². The lowest BCUT2D eigenvalue weighted by Gasteiger charge is -2.23. The van der Waals surface area contributed by atoms with Crippen LogP contribution in [0.5, 0.6) is 0 Å². The van der Waals surface area contributed by atoms with Crippen molar-refractivity contribution in [3.8, 4) is 18.0 Å². The first-order chi connectivity index (χ1) is 11.4. The van der Waals surface area contributed by atoms with Crippen molar-refractivity contribution in [1.29, 1.82) is 5.26 Å². The van der Waals surface area contributed by atoms with Gasteiger partial charge >= 0.3 is 0 Å². The van der Waals surface area contributed by atoms with Crippen LogP contribution in [0.25, 0.3) is 0 Å². The molecule has 1 fully saturated rings. The van der Waals surface area contributed by atoms with Gasteiger partial charge in [0.25, 0.3) is 0 Å². The molecule has 0 saturated heterocycles. The van der Waals surface area contributed by atoms with Gasteiger partial charge in [0.05, 0.1) is 31.1 Å². The van der Waals surface area contributed by atoms with Crippen molar-refractivity contribution in [1.82, 2.24) is 15.1 Å². The fourth-order valence-corrected chi connectivity index (χ4v) is 3.80. The van der Waals surface area contributed by atoms with Crippen molar-refractivity contribution in [3.63, 3.8) is 0 Å². The average molecular weight is 306 g/mol. The summed E-state index contributed by atoms with van der Waals surface area (Å²) in [6.07, 6.45) is 11.0. The van der Waals surface area contributed by atoms with Crippen LogP contribution in [0.3, 0.4) is 0 Å². The monoisotopic (exact) mass is 306 g/mol. The van der Waals surface area contributed by atoms with Gasteiger partial charge in [-0.2, -0.15) is 15.4 Å². The molecule has 4 rings (SSSR count). The van der Waals surface area contributed by atoms with Gasteiger partial charge in [-0.25, -0.2) is 0 Å². The van der Waals surface area contributed by atoms with Crippen LogP contribution in [0, 0.1) is 35.1 Å². The SMILES string of the molecule is N#CC[C@H](C1CCCC1)n1cc(C2N=CNC3=NC#CC32)cn1. The standard InChI is InChI=1S/C17H18N6/c18-7-5-15(12-3-1-2-4-12)23-10-13(9-22-23)16-14-6-8-19-17(14)21-11-20-16/h9-12,14-16H,1-5H2,(H,19,20,21)/t14?,15-,16?/m1/s1. The molecular weight excluding hydrogens is 288 g/mol. The fraction of sp³-hybridized carbons (Fsp3) is 0.529. The first-order valence-corrected chi connectivity index (χ1v) is 8.14. The highest BCUT2D eigenvalue weighted by atomic mass is 15.3. The molecule has 0 amide bonds. The third-order valence-electron chi connectivity index (χ3n) is 5.00. The number of amidine groups is 1. The minimum atomic E-state index is -0.0648. The molecule has 6 heteroatoms. The third kappa shape index (κ3) is 2.51. The van der Waals surface area contributed by atoms with Gasteiger partial charge in [0.1, 0.15) is 17.8 Å². The van der Waals surface area contributed by atoms with Crippen LogP contribution in [-0.2, 0) is 0 Å². The Labute approximate surface area is 135 Å². The Kier molecular flexibility index (Phi) is 3.59. The number of hydrogen-bond acceptors (Lipinski definition) is 5. The molecule has 23 heavy (non-hydrogen) atoms. The molecular formula is C17H18N6. The van der Waals surface area contributed by atoms with Gasteiger partial charge in [-0.05, 0) is 18.8 Å². The lowest BCUT2D eigenvalue weighted by atomic mass is 9.94. The quantitative estimate of drug-likeness (QED) is 0.866. The summed E-state index contributed by atoms with van der Waals surface area (Å²) in [5, 5.41) is 16.8. The molecule has 1 aromatic heterocycles. The number of aromatic nitrogens is 2. The van der Waals surface area contributed by atoms with Gasteiger partial charge in [0.2, 0.25) is 0 Å². The van der Waals surface area contributed by atoms with E-state index in [9.17, 15) is 5.26 Å². The van der Waals surface area contributed by atoms with Crippen molar-refractivity contribution in [2.24, 2.45) is 21.8 Å². The lowest BCUT2D eigenvalue weighted by Crippen LogP contribution is -2.35. The predicted molar refractivity (Wildman–Crippen MR) is 86.5 cm³/mol. The molecule has 116 valence electrons. The Hall–Kier alpha value is -2.60. The van der Waals surface area contributed by atoms with E-state index in [1.807, 2.05) is 17.1 Å². The first kappa shape index (κ1) is 14.0. The first-order valence-electron chi connectivity index (χ1n) is 8.14. The van der Waals surface area contributed by atoms with Crippen LogP contribution in [0.1, 0.15) is 49.8 Å². The number of aliphatic imine (C=N–C) groups is 2. The zero-order valence-corrected chi connectivity index (χ0v) is 12.8. The molecule has 0 spiro atoms. The summed E-state index contributed by atoms with van der Waals surface area (Å²) in [4.78, 5) is 8.67. The van der Waals surface area contributed by atoms with E-state index in [1.54, 1.807) is 6.34 Å². The van der Waals surface area contributed by atoms with E-state index in [-0.39, 0.29) is 18.0 Å². The van der Waals surface area contributed by atoms with E-state index in [4.69, 9.17) is 0 Å². The van der Waals surface area contributed by atoms with E-state index in [1.165, 1.54) is 25.7 Å². The zero-order chi connectivity index (χ0) is 15.6. The van der Waals surface area contributed by atoms with Crippen LogP contribution in [0.4, 0.5) is 0 Å². The van der Waals surface area contributed by atoms with Crippen LogP contribution < -0.4 is 5.32 Å². The largest absolute Gasteiger partial charge is 0.333 e. The van der Waals surface area contributed by atoms with Crippen molar-refractivity contribution >= 4 is 12.2 Å². The number of nitrogens with one attached hydrogen (secondary N) is 1. The second-order valence-electron chi connectivity index (χ2n) is 6.33. The van der Waals surface area contributed by atoms with Gasteiger partial charge in [-0.3, -0.25) is 9.67 Å². The number of fused-ring (bicyclic) bond motifs is 1. The number of hydrogen-bond donors (Lipinski definition) is 1. The molecule has 3 atom stereocenters. The molecule has 0 bridgehead atoms. The molecule has 6 nitrogen and oxygen atoms in total. The minimum absolute atomic E-state index is 0.0152. The Morgan fingerprint density at radius 1 is 1.43 bits per heavy atom. The second kappa shape index (κ2) is 5.89. The summed E-state index contributed by atoms with van der Waals surface area (Å²) in [6.45, 7) is 0. The number of nitriles is 1. The zero-order valence-electron chi connectivity index (χ0n) is 12.8. The van der Waals surface area contributed by atoms with E-state index in [2.05, 4.69) is 38.4 Å². The topological polar surface area (TPSA) is 78.4 Å². The van der Waals surface area contributed by atoms with Crippen molar-refractivity contribution in [2.45, 2.75) is 44.2 Å². The maximum atomic E-state index is 9.18. The molecule has 1 saturated carbocycles. The molecule has 1 N–H and O–H groups in total. The molecule has 3 heterocycles. The average Bonchev–Trinajstić information content (AvgIpc) is 3.32. The summed E-state index contributed by atoms with van der Waals surface area (Å²) < 4.78 is 1.98. The summed E-state index contributed by atoms with van der Waals surface area (Å²) in [5.74, 6) is 4.48. The Bertz CT molecular complexity index is 750. The highest BCUT2D eigenvalue weighted by molar-refractivity contribution is 5.99. The Morgan fingerprint density at radius 2 is 2.30 bits per heavy atom.